The lowest BCUT2D eigenvalue weighted by molar-refractivity contribution is -0.0730. The molecule has 0 bridgehead atoms. The molecule has 1 saturated carbocycles. The molecule has 8 rings (SSSR count). The molecule has 0 unspecified atom stereocenters. The number of rotatable bonds is 7. The van der Waals surface area contributed by atoms with Crippen LogP contribution in [0.5, 0.6) is 6.01 Å². The summed E-state index contributed by atoms with van der Waals surface area (Å²) in [5, 5.41) is 5.82. The summed E-state index contributed by atoms with van der Waals surface area (Å²) in [6.07, 6.45) is 9.47. The van der Waals surface area contributed by atoms with Gasteiger partial charge in [0.05, 0.1) is 41.8 Å². The number of aryl methyl sites for hydroxylation is 1. The van der Waals surface area contributed by atoms with Crippen LogP contribution in [-0.4, -0.2) is 82.3 Å². The number of amides is 1. The smallest absolute Gasteiger partial charge is 0.318 e. The molecule has 0 radical (unpaired) electrons. The average molecular weight is 681 g/mol. The standard InChI is InChI=1S/C35H43Cl2N7O3/c1-41(2)32(45)30-29(37)28-19-43(16-7-17-44(28)40-30)31-24-20-47-35(11-10-23-25(35)8-6-9-26(23)36)18-27(24)38-33(39-31)46-22-34(12-13-34)21-42-14-4-3-5-15-42/h6,8-9H,3-5,7,10-22H2,1-2H3/t35-/m0/s1. The molecule has 1 aromatic carbocycles. The number of carbonyl (C=O) groups excluding carboxylic acids is 1. The topological polar surface area (TPSA) is 88.9 Å². The van der Waals surface area contributed by atoms with E-state index in [1.54, 1.807) is 14.1 Å². The summed E-state index contributed by atoms with van der Waals surface area (Å²) >= 11 is 13.5. The summed E-state index contributed by atoms with van der Waals surface area (Å²) in [7, 11) is 3.43. The van der Waals surface area contributed by atoms with Crippen LogP contribution in [0.25, 0.3) is 0 Å². The molecule has 250 valence electrons. The van der Waals surface area contributed by atoms with Crippen LogP contribution in [0.2, 0.25) is 10.0 Å². The number of halogens is 2. The molecular weight excluding hydrogens is 637 g/mol. The van der Waals surface area contributed by atoms with E-state index in [0.29, 0.717) is 43.8 Å². The van der Waals surface area contributed by atoms with Gasteiger partial charge in [-0.15, -0.1) is 0 Å². The molecule has 1 spiro atoms. The minimum Gasteiger partial charge on any atom is -0.463 e. The number of piperidine rings is 1. The van der Waals surface area contributed by atoms with Crippen LogP contribution >= 0.6 is 23.2 Å². The summed E-state index contributed by atoms with van der Waals surface area (Å²) in [4.78, 5) is 29.4. The predicted octanol–water partition coefficient (Wildman–Crippen LogP) is 5.65. The molecule has 10 nitrogen and oxygen atoms in total. The third-order valence-electron chi connectivity index (χ3n) is 10.9. The van der Waals surface area contributed by atoms with Gasteiger partial charge in [0.15, 0.2) is 5.69 Å². The van der Waals surface area contributed by atoms with Crippen LogP contribution in [-0.2, 0) is 42.9 Å². The highest BCUT2D eigenvalue weighted by atomic mass is 35.5. The van der Waals surface area contributed by atoms with E-state index in [-0.39, 0.29) is 17.0 Å². The first-order chi connectivity index (χ1) is 22.7. The number of carbonyl (C=O) groups is 1. The molecule has 5 heterocycles. The second-order valence-electron chi connectivity index (χ2n) is 14.4. The van der Waals surface area contributed by atoms with Crippen LogP contribution in [0.4, 0.5) is 5.82 Å². The molecule has 2 aromatic heterocycles. The number of anilines is 1. The number of hydrogen-bond acceptors (Lipinski definition) is 8. The molecule has 1 saturated heterocycles. The lowest BCUT2D eigenvalue weighted by Crippen LogP contribution is -2.37. The van der Waals surface area contributed by atoms with Crippen molar-refractivity contribution in [3.8, 4) is 6.01 Å². The van der Waals surface area contributed by atoms with E-state index in [1.807, 2.05) is 16.8 Å². The first kappa shape index (κ1) is 31.4. The molecule has 5 aliphatic rings. The number of likely N-dealkylation sites (tertiary alicyclic amines) is 1. The Hall–Kier alpha value is -2.92. The van der Waals surface area contributed by atoms with Gasteiger partial charge in [0.1, 0.15) is 5.82 Å². The van der Waals surface area contributed by atoms with Crippen molar-refractivity contribution in [3.05, 3.63) is 62.0 Å². The number of hydrogen-bond donors (Lipinski definition) is 0. The molecule has 3 aliphatic heterocycles. The minimum atomic E-state index is -0.468. The number of nitrogens with zero attached hydrogens (tertiary/aromatic N) is 7. The van der Waals surface area contributed by atoms with Crippen molar-refractivity contribution in [2.24, 2.45) is 5.41 Å². The van der Waals surface area contributed by atoms with Gasteiger partial charge in [-0.2, -0.15) is 15.1 Å². The van der Waals surface area contributed by atoms with E-state index < -0.39 is 5.60 Å². The van der Waals surface area contributed by atoms with E-state index in [2.05, 4.69) is 21.0 Å². The van der Waals surface area contributed by atoms with Crippen LogP contribution in [0.15, 0.2) is 18.2 Å². The fourth-order valence-electron chi connectivity index (χ4n) is 8.03. The summed E-state index contributed by atoms with van der Waals surface area (Å²) in [6, 6.07) is 6.56. The Balaban J connectivity index is 1.13. The van der Waals surface area contributed by atoms with Crippen LogP contribution in [0, 0.1) is 5.41 Å². The highest BCUT2D eigenvalue weighted by molar-refractivity contribution is 6.34. The maximum absolute atomic E-state index is 12.9. The fourth-order valence-corrected chi connectivity index (χ4v) is 8.57. The van der Waals surface area contributed by atoms with E-state index in [1.165, 1.54) is 61.2 Å². The monoisotopic (exact) mass is 679 g/mol. The van der Waals surface area contributed by atoms with Gasteiger partial charge >= 0.3 is 6.01 Å². The number of aromatic nitrogens is 4. The van der Waals surface area contributed by atoms with Gasteiger partial charge in [0, 0.05) is 56.2 Å². The zero-order valence-corrected chi connectivity index (χ0v) is 28.9. The third-order valence-corrected chi connectivity index (χ3v) is 11.6. The number of ether oxygens (including phenoxy) is 2. The first-order valence-corrected chi connectivity index (χ1v) is 17.9. The second-order valence-corrected chi connectivity index (χ2v) is 15.2. The second kappa shape index (κ2) is 12.2. The Morgan fingerprint density at radius 1 is 1.02 bits per heavy atom. The zero-order chi connectivity index (χ0) is 32.3. The van der Waals surface area contributed by atoms with Crippen molar-refractivity contribution < 1.29 is 14.3 Å². The molecule has 2 fully saturated rings. The van der Waals surface area contributed by atoms with Crippen molar-refractivity contribution in [3.63, 3.8) is 0 Å². The molecule has 47 heavy (non-hydrogen) atoms. The molecule has 1 amide bonds. The summed E-state index contributed by atoms with van der Waals surface area (Å²) < 4.78 is 15.2. The van der Waals surface area contributed by atoms with E-state index >= 15 is 0 Å². The Kier molecular flexibility index (Phi) is 8.14. The van der Waals surface area contributed by atoms with E-state index in [4.69, 9.17) is 42.6 Å². The molecule has 1 atom stereocenters. The molecule has 12 heteroatoms. The van der Waals surface area contributed by atoms with Crippen molar-refractivity contribution in [2.45, 2.75) is 83.1 Å². The van der Waals surface area contributed by atoms with Gasteiger partial charge < -0.3 is 24.2 Å². The summed E-state index contributed by atoms with van der Waals surface area (Å²) in [5.74, 6) is 0.614. The first-order valence-electron chi connectivity index (χ1n) is 17.1. The van der Waals surface area contributed by atoms with Crippen molar-refractivity contribution in [2.75, 3.05) is 51.8 Å². The van der Waals surface area contributed by atoms with Crippen LogP contribution in [0.1, 0.15) is 83.5 Å². The van der Waals surface area contributed by atoms with Crippen molar-refractivity contribution in [1.82, 2.24) is 29.5 Å². The van der Waals surface area contributed by atoms with E-state index in [0.717, 1.165) is 60.1 Å². The Morgan fingerprint density at radius 2 is 1.85 bits per heavy atom. The summed E-state index contributed by atoms with van der Waals surface area (Å²) in [6.45, 7) is 6.36. The van der Waals surface area contributed by atoms with Gasteiger partial charge in [0.2, 0.25) is 0 Å². The lowest BCUT2D eigenvalue weighted by atomic mass is 9.87. The average Bonchev–Trinajstić information content (AvgIpc) is 3.72. The minimum absolute atomic E-state index is 0.181. The van der Waals surface area contributed by atoms with Crippen molar-refractivity contribution >= 4 is 34.9 Å². The largest absolute Gasteiger partial charge is 0.463 e. The van der Waals surface area contributed by atoms with Gasteiger partial charge in [0.25, 0.3) is 5.91 Å². The quantitative estimate of drug-likeness (QED) is 0.317. The fraction of sp³-hybridized carbons (Fsp3) is 0.600. The Labute approximate surface area is 286 Å². The van der Waals surface area contributed by atoms with Crippen molar-refractivity contribution in [1.29, 1.82) is 0 Å². The zero-order valence-electron chi connectivity index (χ0n) is 27.4. The molecular formula is C35H43Cl2N7O3. The number of fused-ring (bicyclic) bond motifs is 4. The third kappa shape index (κ3) is 5.79. The van der Waals surface area contributed by atoms with Gasteiger partial charge in [-0.25, -0.2) is 0 Å². The van der Waals surface area contributed by atoms with Gasteiger partial charge in [-0.1, -0.05) is 41.8 Å². The maximum Gasteiger partial charge on any atom is 0.318 e. The highest BCUT2D eigenvalue weighted by Crippen LogP contribution is 2.50. The maximum atomic E-state index is 12.9. The highest BCUT2D eigenvalue weighted by Gasteiger charge is 2.47. The van der Waals surface area contributed by atoms with Gasteiger partial charge in [-0.3, -0.25) is 9.48 Å². The Bertz CT molecular complexity index is 1700. The lowest BCUT2D eigenvalue weighted by Gasteiger charge is -2.37. The normalized spacial score (nSPS) is 23.2. The Morgan fingerprint density at radius 3 is 2.64 bits per heavy atom. The molecule has 2 aliphatic carbocycles. The molecule has 0 N–H and O–H groups in total. The van der Waals surface area contributed by atoms with E-state index in [9.17, 15) is 4.79 Å². The summed E-state index contributed by atoms with van der Waals surface area (Å²) in [5.41, 5.74) is 5.11. The predicted molar refractivity (Wildman–Crippen MR) is 180 cm³/mol. The SMILES string of the molecule is CN(C)C(=O)c1nn2c(c1Cl)CN(c1nc(OCC3(CN4CCCCC4)CC3)nc3c1CO[C@@]1(CCc4c(Cl)cccc41)C3)CCC2. The van der Waals surface area contributed by atoms with Gasteiger partial charge in [-0.05, 0) is 75.2 Å². The van der Waals surface area contributed by atoms with Crippen LogP contribution < -0.4 is 9.64 Å². The number of benzene rings is 1. The molecule has 3 aromatic rings. The van der Waals surface area contributed by atoms with Crippen LogP contribution in [0.3, 0.4) is 0 Å².